The van der Waals surface area contributed by atoms with E-state index < -0.39 is 21.3 Å². The van der Waals surface area contributed by atoms with Crippen LogP contribution in [-0.2, 0) is 29.8 Å². The minimum atomic E-state index is -3.72. The summed E-state index contributed by atoms with van der Waals surface area (Å²) in [7, 11) is -3.72. The molecule has 10 heteroatoms. The Morgan fingerprint density at radius 2 is 1.91 bits per heavy atom. The Kier molecular flexibility index (Phi) is 5.97. The molecule has 2 aliphatic heterocycles. The van der Waals surface area contributed by atoms with Crippen LogP contribution in [0.4, 0.5) is 11.4 Å². The SMILES string of the molecule is CC1(C)C(=O)N(CC(=O)Nc2cccc(C#N)c2)c2ccc(S(=O)(=O)N3CCOCC3)cc21. The molecule has 4 rings (SSSR count). The highest BCUT2D eigenvalue weighted by Gasteiger charge is 2.45. The van der Waals surface area contributed by atoms with Gasteiger partial charge < -0.3 is 15.0 Å². The van der Waals surface area contributed by atoms with Crippen LogP contribution in [0, 0.1) is 11.3 Å². The normalized spacial score (nSPS) is 18.0. The summed E-state index contributed by atoms with van der Waals surface area (Å²) in [6.45, 7) is 4.44. The number of carbonyl (C=O) groups is 2. The molecule has 1 N–H and O–H groups in total. The minimum absolute atomic E-state index is 0.114. The van der Waals surface area contributed by atoms with Crippen LogP contribution in [-0.4, -0.2) is 57.4 Å². The van der Waals surface area contributed by atoms with Crippen LogP contribution in [0.15, 0.2) is 47.4 Å². The lowest BCUT2D eigenvalue weighted by Crippen LogP contribution is -2.41. The van der Waals surface area contributed by atoms with Crippen LogP contribution in [0.1, 0.15) is 25.0 Å². The van der Waals surface area contributed by atoms with Gasteiger partial charge in [-0.1, -0.05) is 6.07 Å². The molecule has 0 spiro atoms. The second-order valence-electron chi connectivity index (χ2n) is 8.45. The van der Waals surface area contributed by atoms with Crippen molar-refractivity contribution in [2.24, 2.45) is 0 Å². The first kappa shape index (κ1) is 22.9. The fraction of sp³-hybridized carbons (Fsp3) is 0.348. The first-order chi connectivity index (χ1) is 15.6. The first-order valence-corrected chi connectivity index (χ1v) is 11.9. The van der Waals surface area contributed by atoms with Crippen molar-refractivity contribution in [2.45, 2.75) is 24.2 Å². The van der Waals surface area contributed by atoms with Crippen molar-refractivity contribution in [3.8, 4) is 6.07 Å². The number of hydrogen-bond acceptors (Lipinski definition) is 6. The molecule has 2 aromatic rings. The molecule has 0 unspecified atom stereocenters. The van der Waals surface area contributed by atoms with E-state index in [0.29, 0.717) is 35.7 Å². The van der Waals surface area contributed by atoms with E-state index in [1.54, 1.807) is 44.2 Å². The number of rotatable bonds is 5. The molecule has 2 amide bonds. The topological polar surface area (TPSA) is 120 Å². The van der Waals surface area contributed by atoms with E-state index in [9.17, 15) is 18.0 Å². The highest BCUT2D eigenvalue weighted by molar-refractivity contribution is 7.89. The summed E-state index contributed by atoms with van der Waals surface area (Å²) in [5.41, 5.74) is 0.933. The zero-order valence-electron chi connectivity index (χ0n) is 18.4. The Balaban J connectivity index is 1.60. The Hall–Kier alpha value is -3.26. The summed E-state index contributed by atoms with van der Waals surface area (Å²) in [4.78, 5) is 27.3. The fourth-order valence-corrected chi connectivity index (χ4v) is 5.51. The van der Waals surface area contributed by atoms with Crippen molar-refractivity contribution in [2.75, 3.05) is 43.1 Å². The van der Waals surface area contributed by atoms with Crippen molar-refractivity contribution < 1.29 is 22.7 Å². The maximum absolute atomic E-state index is 13.2. The minimum Gasteiger partial charge on any atom is -0.379 e. The van der Waals surface area contributed by atoms with Crippen molar-refractivity contribution in [3.05, 3.63) is 53.6 Å². The van der Waals surface area contributed by atoms with Gasteiger partial charge in [-0.15, -0.1) is 0 Å². The molecular weight excluding hydrogens is 444 g/mol. The number of nitrogens with one attached hydrogen (secondary N) is 1. The number of fused-ring (bicyclic) bond motifs is 1. The number of hydrogen-bond donors (Lipinski definition) is 1. The van der Waals surface area contributed by atoms with Gasteiger partial charge >= 0.3 is 0 Å². The van der Waals surface area contributed by atoms with Crippen molar-refractivity contribution in [1.82, 2.24) is 4.31 Å². The molecule has 0 saturated carbocycles. The third-order valence-corrected chi connectivity index (χ3v) is 7.79. The van der Waals surface area contributed by atoms with E-state index in [1.807, 2.05) is 6.07 Å². The van der Waals surface area contributed by atoms with Crippen LogP contribution in [0.2, 0.25) is 0 Å². The van der Waals surface area contributed by atoms with Gasteiger partial charge in [0.1, 0.15) is 6.54 Å². The van der Waals surface area contributed by atoms with E-state index in [1.165, 1.54) is 21.3 Å². The van der Waals surface area contributed by atoms with E-state index >= 15 is 0 Å². The average molecular weight is 469 g/mol. The quantitative estimate of drug-likeness (QED) is 0.715. The van der Waals surface area contributed by atoms with E-state index in [4.69, 9.17) is 10.00 Å². The molecule has 1 saturated heterocycles. The molecule has 172 valence electrons. The zero-order valence-corrected chi connectivity index (χ0v) is 19.2. The number of nitriles is 1. The van der Waals surface area contributed by atoms with Crippen LogP contribution < -0.4 is 10.2 Å². The van der Waals surface area contributed by atoms with Gasteiger partial charge in [0.05, 0.1) is 35.2 Å². The van der Waals surface area contributed by atoms with Gasteiger partial charge in [0, 0.05) is 24.5 Å². The van der Waals surface area contributed by atoms with Crippen molar-refractivity contribution in [1.29, 1.82) is 5.26 Å². The maximum Gasteiger partial charge on any atom is 0.244 e. The molecule has 9 nitrogen and oxygen atoms in total. The van der Waals surface area contributed by atoms with Crippen LogP contribution in [0.3, 0.4) is 0 Å². The zero-order chi connectivity index (χ0) is 23.8. The van der Waals surface area contributed by atoms with Gasteiger partial charge in [0.25, 0.3) is 0 Å². The second-order valence-corrected chi connectivity index (χ2v) is 10.4. The number of benzene rings is 2. The summed E-state index contributed by atoms with van der Waals surface area (Å²) < 4.78 is 32.8. The molecule has 1 fully saturated rings. The Bertz CT molecular complexity index is 1260. The molecule has 0 aliphatic carbocycles. The summed E-state index contributed by atoms with van der Waals surface area (Å²) in [6, 6.07) is 13.1. The Morgan fingerprint density at radius 1 is 1.18 bits per heavy atom. The molecule has 0 bridgehead atoms. The lowest BCUT2D eigenvalue weighted by atomic mass is 9.86. The molecule has 2 aromatic carbocycles. The van der Waals surface area contributed by atoms with Crippen molar-refractivity contribution in [3.63, 3.8) is 0 Å². The van der Waals surface area contributed by atoms with Crippen molar-refractivity contribution >= 4 is 33.2 Å². The highest BCUT2D eigenvalue weighted by Crippen LogP contribution is 2.42. The molecule has 33 heavy (non-hydrogen) atoms. The number of ether oxygens (including phenoxy) is 1. The third kappa shape index (κ3) is 4.23. The van der Waals surface area contributed by atoms with E-state index in [2.05, 4.69) is 5.32 Å². The predicted octanol–water partition coefficient (Wildman–Crippen LogP) is 1.84. The van der Waals surface area contributed by atoms with Gasteiger partial charge in [-0.2, -0.15) is 9.57 Å². The largest absolute Gasteiger partial charge is 0.379 e. The van der Waals surface area contributed by atoms with Crippen LogP contribution in [0.5, 0.6) is 0 Å². The van der Waals surface area contributed by atoms with Gasteiger partial charge in [0.2, 0.25) is 21.8 Å². The summed E-state index contributed by atoms with van der Waals surface area (Å²) in [5, 5.41) is 11.7. The molecule has 0 aromatic heterocycles. The standard InChI is InChI=1S/C23H24N4O5S/c1-23(2)19-13-18(33(30,31)26-8-10-32-11-9-26)6-7-20(19)27(22(23)29)15-21(28)25-17-5-3-4-16(12-17)14-24/h3-7,12-13H,8-11,15H2,1-2H3,(H,25,28). The number of nitrogens with zero attached hydrogens (tertiary/aromatic N) is 3. The van der Waals surface area contributed by atoms with Gasteiger partial charge in [-0.25, -0.2) is 8.42 Å². The van der Waals surface area contributed by atoms with Crippen LogP contribution >= 0.6 is 0 Å². The highest BCUT2D eigenvalue weighted by atomic mass is 32.2. The number of sulfonamides is 1. The molecule has 2 heterocycles. The summed E-state index contributed by atoms with van der Waals surface area (Å²) in [6.07, 6.45) is 0. The van der Waals surface area contributed by atoms with E-state index in [-0.39, 0.29) is 30.4 Å². The monoisotopic (exact) mass is 468 g/mol. The summed E-state index contributed by atoms with van der Waals surface area (Å²) >= 11 is 0. The Morgan fingerprint density at radius 3 is 2.61 bits per heavy atom. The van der Waals surface area contributed by atoms with Gasteiger partial charge in [0.15, 0.2) is 0 Å². The third-order valence-electron chi connectivity index (χ3n) is 5.90. The molecule has 0 atom stereocenters. The summed E-state index contributed by atoms with van der Waals surface area (Å²) in [5.74, 6) is -0.716. The van der Waals surface area contributed by atoms with Crippen LogP contribution in [0.25, 0.3) is 0 Å². The molecular formula is C23H24N4O5S. The lowest BCUT2D eigenvalue weighted by Gasteiger charge is -2.26. The number of carbonyl (C=O) groups excluding carboxylic acids is 2. The Labute approximate surface area is 192 Å². The number of morpholine rings is 1. The fourth-order valence-electron chi connectivity index (χ4n) is 4.08. The number of anilines is 2. The molecule has 0 radical (unpaired) electrons. The predicted molar refractivity (Wildman–Crippen MR) is 121 cm³/mol. The lowest BCUT2D eigenvalue weighted by molar-refractivity contribution is -0.124. The first-order valence-electron chi connectivity index (χ1n) is 10.5. The van der Waals surface area contributed by atoms with Gasteiger partial charge in [-0.05, 0) is 55.8 Å². The second kappa shape index (κ2) is 8.59. The smallest absolute Gasteiger partial charge is 0.244 e. The van der Waals surface area contributed by atoms with Gasteiger partial charge in [-0.3, -0.25) is 9.59 Å². The van der Waals surface area contributed by atoms with E-state index in [0.717, 1.165) is 0 Å². The average Bonchev–Trinajstić information content (AvgIpc) is 3.00. The maximum atomic E-state index is 13.2. The number of amides is 2. The molecule has 2 aliphatic rings.